The van der Waals surface area contributed by atoms with Crippen LogP contribution in [-0.2, 0) is 11.3 Å². The fourth-order valence-corrected chi connectivity index (χ4v) is 2.54. The van der Waals surface area contributed by atoms with E-state index in [0.717, 1.165) is 10.8 Å². The lowest BCUT2D eigenvalue weighted by atomic mass is 10.1. The Morgan fingerprint density at radius 2 is 1.71 bits per heavy atom. The molecule has 0 fully saturated rings. The second-order valence-corrected chi connectivity index (χ2v) is 5.61. The second-order valence-electron chi connectivity index (χ2n) is 5.61. The van der Waals surface area contributed by atoms with Gasteiger partial charge in [0.15, 0.2) is 6.61 Å². The highest BCUT2D eigenvalue weighted by Crippen LogP contribution is 2.25. The van der Waals surface area contributed by atoms with Crippen LogP contribution in [0, 0.1) is 5.82 Å². The Kier molecular flexibility index (Phi) is 4.75. The van der Waals surface area contributed by atoms with Crippen LogP contribution in [0.2, 0.25) is 0 Å². The van der Waals surface area contributed by atoms with Gasteiger partial charge in [0.2, 0.25) is 0 Å². The number of rotatable bonds is 5. The Balaban J connectivity index is 1.65. The molecule has 0 saturated carbocycles. The minimum atomic E-state index is -0.313. The van der Waals surface area contributed by atoms with Crippen LogP contribution in [0.15, 0.2) is 66.7 Å². The van der Waals surface area contributed by atoms with Gasteiger partial charge in [0.05, 0.1) is 0 Å². The number of hydrogen-bond acceptors (Lipinski definition) is 2. The van der Waals surface area contributed by atoms with Crippen molar-refractivity contribution >= 4 is 16.7 Å². The smallest absolute Gasteiger partial charge is 0.260 e. The summed E-state index contributed by atoms with van der Waals surface area (Å²) in [7, 11) is 1.64. The first-order chi connectivity index (χ1) is 11.6. The van der Waals surface area contributed by atoms with Gasteiger partial charge in [0.25, 0.3) is 5.91 Å². The lowest BCUT2D eigenvalue weighted by Gasteiger charge is -2.18. The van der Waals surface area contributed by atoms with Crippen molar-refractivity contribution in [1.29, 1.82) is 0 Å². The number of carbonyl (C=O) groups is 1. The summed E-state index contributed by atoms with van der Waals surface area (Å²) in [5, 5.41) is 2.02. The van der Waals surface area contributed by atoms with Gasteiger partial charge in [-0.2, -0.15) is 0 Å². The molecular formula is C20H18FNO2. The molecule has 3 aromatic carbocycles. The van der Waals surface area contributed by atoms with Crippen LogP contribution in [0.5, 0.6) is 5.75 Å². The van der Waals surface area contributed by atoms with E-state index in [-0.39, 0.29) is 24.9 Å². The fourth-order valence-electron chi connectivity index (χ4n) is 2.54. The number of ether oxygens (including phenoxy) is 1. The predicted octanol–water partition coefficient (Wildman–Crippen LogP) is 4.02. The molecule has 0 aromatic heterocycles. The van der Waals surface area contributed by atoms with Gasteiger partial charge in [-0.1, -0.05) is 54.6 Å². The molecule has 122 valence electrons. The number of amides is 1. The van der Waals surface area contributed by atoms with Crippen molar-refractivity contribution in [1.82, 2.24) is 4.90 Å². The van der Waals surface area contributed by atoms with Crippen LogP contribution in [0.25, 0.3) is 10.8 Å². The molecule has 1 amide bonds. The van der Waals surface area contributed by atoms with Crippen molar-refractivity contribution in [2.24, 2.45) is 0 Å². The minimum absolute atomic E-state index is 0.0844. The third-order valence-corrected chi connectivity index (χ3v) is 3.89. The summed E-state index contributed by atoms with van der Waals surface area (Å²) in [6.07, 6.45) is 0. The van der Waals surface area contributed by atoms with Gasteiger partial charge in [-0.05, 0) is 17.5 Å². The quantitative estimate of drug-likeness (QED) is 0.710. The fraction of sp³-hybridized carbons (Fsp3) is 0.150. The summed E-state index contributed by atoms with van der Waals surface area (Å²) < 4.78 is 19.4. The normalized spacial score (nSPS) is 10.6. The average molecular weight is 323 g/mol. The molecule has 0 saturated heterocycles. The Morgan fingerprint density at radius 1 is 1.00 bits per heavy atom. The first-order valence-corrected chi connectivity index (χ1v) is 7.73. The van der Waals surface area contributed by atoms with Gasteiger partial charge in [0.1, 0.15) is 11.6 Å². The molecule has 4 heteroatoms. The van der Waals surface area contributed by atoms with Crippen LogP contribution in [0.3, 0.4) is 0 Å². The van der Waals surface area contributed by atoms with Crippen molar-refractivity contribution in [2.75, 3.05) is 13.7 Å². The Morgan fingerprint density at radius 3 is 2.54 bits per heavy atom. The van der Waals surface area contributed by atoms with E-state index in [1.807, 2.05) is 42.5 Å². The SMILES string of the molecule is CN(Cc1ccccc1F)C(=O)COc1cccc2ccccc12. The molecule has 0 unspecified atom stereocenters. The van der Waals surface area contributed by atoms with Crippen molar-refractivity contribution in [3.8, 4) is 5.75 Å². The number of hydrogen-bond donors (Lipinski definition) is 0. The van der Waals surface area contributed by atoms with E-state index < -0.39 is 0 Å². The van der Waals surface area contributed by atoms with Gasteiger partial charge in [-0.15, -0.1) is 0 Å². The molecule has 0 spiro atoms. The van der Waals surface area contributed by atoms with E-state index >= 15 is 0 Å². The van der Waals surface area contributed by atoms with E-state index in [9.17, 15) is 9.18 Å². The molecule has 3 rings (SSSR count). The van der Waals surface area contributed by atoms with E-state index in [1.165, 1.54) is 11.0 Å². The van der Waals surface area contributed by atoms with E-state index in [0.29, 0.717) is 11.3 Å². The molecule has 0 heterocycles. The molecule has 24 heavy (non-hydrogen) atoms. The van der Waals surface area contributed by atoms with Gasteiger partial charge in [-0.25, -0.2) is 4.39 Å². The summed E-state index contributed by atoms with van der Waals surface area (Å²) in [4.78, 5) is 13.7. The van der Waals surface area contributed by atoms with Gasteiger partial charge >= 0.3 is 0 Å². The average Bonchev–Trinajstić information content (AvgIpc) is 2.61. The number of benzene rings is 3. The van der Waals surface area contributed by atoms with E-state index in [1.54, 1.807) is 25.2 Å². The maximum atomic E-state index is 13.7. The van der Waals surface area contributed by atoms with Gasteiger partial charge in [-0.3, -0.25) is 4.79 Å². The molecule has 0 radical (unpaired) electrons. The summed E-state index contributed by atoms with van der Waals surface area (Å²) >= 11 is 0. The van der Waals surface area contributed by atoms with Crippen molar-refractivity contribution in [3.63, 3.8) is 0 Å². The van der Waals surface area contributed by atoms with Crippen LogP contribution < -0.4 is 4.74 Å². The molecule has 0 aliphatic carbocycles. The molecule has 0 bridgehead atoms. The Hall–Kier alpha value is -2.88. The summed E-state index contributed by atoms with van der Waals surface area (Å²) in [5.74, 6) is 0.152. The number of fused-ring (bicyclic) bond motifs is 1. The summed E-state index contributed by atoms with van der Waals surface area (Å²) in [6.45, 7) is 0.128. The van der Waals surface area contributed by atoms with E-state index in [4.69, 9.17) is 4.74 Å². The number of likely N-dealkylation sites (N-methyl/N-ethyl adjacent to an activating group) is 1. The predicted molar refractivity (Wildman–Crippen MR) is 92.3 cm³/mol. The number of nitrogens with zero attached hydrogens (tertiary/aromatic N) is 1. The largest absolute Gasteiger partial charge is 0.483 e. The Labute approximate surface area is 140 Å². The molecule has 3 aromatic rings. The van der Waals surface area contributed by atoms with Crippen molar-refractivity contribution in [3.05, 3.63) is 78.1 Å². The third kappa shape index (κ3) is 3.54. The van der Waals surface area contributed by atoms with Crippen molar-refractivity contribution < 1.29 is 13.9 Å². The standard InChI is InChI=1S/C20H18FNO2/c1-22(13-16-8-3-5-11-18(16)21)20(23)14-24-19-12-6-9-15-7-2-4-10-17(15)19/h2-12H,13-14H2,1H3. The molecule has 3 nitrogen and oxygen atoms in total. The van der Waals surface area contributed by atoms with Crippen LogP contribution in [0.4, 0.5) is 4.39 Å². The van der Waals surface area contributed by atoms with Crippen LogP contribution >= 0.6 is 0 Å². The topological polar surface area (TPSA) is 29.5 Å². The summed E-state index contributed by atoms with van der Waals surface area (Å²) in [5.41, 5.74) is 0.485. The lowest BCUT2D eigenvalue weighted by molar-refractivity contribution is -0.132. The maximum Gasteiger partial charge on any atom is 0.260 e. The molecular weight excluding hydrogens is 305 g/mol. The number of carbonyl (C=O) groups excluding carboxylic acids is 1. The number of halogens is 1. The lowest BCUT2D eigenvalue weighted by Crippen LogP contribution is -2.31. The zero-order valence-electron chi connectivity index (χ0n) is 13.4. The first-order valence-electron chi connectivity index (χ1n) is 7.73. The maximum absolute atomic E-state index is 13.7. The van der Waals surface area contributed by atoms with E-state index in [2.05, 4.69) is 0 Å². The highest BCUT2D eigenvalue weighted by Gasteiger charge is 2.13. The molecule has 0 N–H and O–H groups in total. The van der Waals surface area contributed by atoms with Gasteiger partial charge in [0, 0.05) is 24.5 Å². The zero-order chi connectivity index (χ0) is 16.9. The van der Waals surface area contributed by atoms with Crippen LogP contribution in [0.1, 0.15) is 5.56 Å². The highest BCUT2D eigenvalue weighted by atomic mass is 19.1. The summed E-state index contributed by atoms with van der Waals surface area (Å²) in [6, 6.07) is 20.0. The van der Waals surface area contributed by atoms with Gasteiger partial charge < -0.3 is 9.64 Å². The first kappa shape index (κ1) is 16.0. The van der Waals surface area contributed by atoms with Crippen molar-refractivity contribution in [2.45, 2.75) is 6.54 Å². The minimum Gasteiger partial charge on any atom is -0.483 e. The zero-order valence-corrected chi connectivity index (χ0v) is 13.4. The molecule has 0 aliphatic heterocycles. The van der Waals surface area contributed by atoms with Crippen LogP contribution in [-0.4, -0.2) is 24.5 Å². The highest BCUT2D eigenvalue weighted by molar-refractivity contribution is 5.88. The molecule has 0 aliphatic rings. The third-order valence-electron chi connectivity index (χ3n) is 3.89. The molecule has 0 atom stereocenters. The second kappa shape index (κ2) is 7.13. The Bertz CT molecular complexity index is 858. The monoisotopic (exact) mass is 323 g/mol.